The fourth-order valence-corrected chi connectivity index (χ4v) is 4.88. The van der Waals surface area contributed by atoms with E-state index in [1.807, 2.05) is 20.8 Å². The summed E-state index contributed by atoms with van der Waals surface area (Å²) in [6.07, 6.45) is 2.30. The highest BCUT2D eigenvalue weighted by atomic mass is 35.5. The molecule has 198 valence electrons. The summed E-state index contributed by atoms with van der Waals surface area (Å²) in [5, 5.41) is 3.51. The molecule has 0 unspecified atom stereocenters. The normalized spacial score (nSPS) is 13.1. The maximum atomic E-state index is 14.3. The van der Waals surface area contributed by atoms with E-state index in [4.69, 9.17) is 11.6 Å². The number of nitrogens with one attached hydrogen (secondary N) is 1. The SMILES string of the molecule is CC[C@@H](C)NC(=O)[C@@H](CC)N(Cc1ccc(Cl)cc1)C(=O)CCCN(c1ccccc1F)S(C)(=O)=O. The zero-order valence-electron chi connectivity index (χ0n) is 21.2. The number of amides is 2. The molecule has 36 heavy (non-hydrogen) atoms. The number of benzene rings is 2. The second-order valence-electron chi connectivity index (χ2n) is 8.78. The summed E-state index contributed by atoms with van der Waals surface area (Å²) < 4.78 is 39.9. The van der Waals surface area contributed by atoms with E-state index in [1.54, 1.807) is 30.3 Å². The largest absolute Gasteiger partial charge is 0.352 e. The lowest BCUT2D eigenvalue weighted by Gasteiger charge is -2.32. The number of hydrogen-bond donors (Lipinski definition) is 1. The first-order valence-corrected chi connectivity index (χ1v) is 14.3. The van der Waals surface area contributed by atoms with Crippen molar-refractivity contribution in [3.8, 4) is 0 Å². The third-order valence-corrected chi connectivity index (χ3v) is 7.36. The van der Waals surface area contributed by atoms with Crippen LogP contribution in [-0.2, 0) is 26.2 Å². The Balaban J connectivity index is 2.23. The molecule has 2 aromatic carbocycles. The summed E-state index contributed by atoms with van der Waals surface area (Å²) in [6.45, 7) is 5.83. The topological polar surface area (TPSA) is 86.8 Å². The number of anilines is 1. The highest BCUT2D eigenvalue weighted by Gasteiger charge is 2.29. The summed E-state index contributed by atoms with van der Waals surface area (Å²) in [4.78, 5) is 27.9. The Kier molecular flexibility index (Phi) is 11.2. The highest BCUT2D eigenvalue weighted by Crippen LogP contribution is 2.23. The number of hydrogen-bond acceptors (Lipinski definition) is 4. The minimum atomic E-state index is -3.77. The number of carbonyl (C=O) groups is 2. The van der Waals surface area contributed by atoms with Crippen molar-refractivity contribution in [3.05, 3.63) is 64.9 Å². The molecule has 0 saturated heterocycles. The molecule has 0 bridgehead atoms. The van der Waals surface area contributed by atoms with E-state index in [-0.39, 0.29) is 49.5 Å². The second-order valence-corrected chi connectivity index (χ2v) is 11.1. The van der Waals surface area contributed by atoms with Gasteiger partial charge in [-0.1, -0.05) is 49.7 Å². The maximum Gasteiger partial charge on any atom is 0.243 e. The summed E-state index contributed by atoms with van der Waals surface area (Å²) in [5.74, 6) is -1.19. The van der Waals surface area contributed by atoms with Crippen LogP contribution in [0.5, 0.6) is 0 Å². The van der Waals surface area contributed by atoms with Crippen molar-refractivity contribution >= 4 is 39.1 Å². The van der Waals surface area contributed by atoms with Crippen molar-refractivity contribution in [2.24, 2.45) is 0 Å². The highest BCUT2D eigenvalue weighted by molar-refractivity contribution is 7.92. The molecule has 0 radical (unpaired) electrons. The van der Waals surface area contributed by atoms with Crippen molar-refractivity contribution in [3.63, 3.8) is 0 Å². The average Bonchev–Trinajstić information content (AvgIpc) is 2.82. The summed E-state index contributed by atoms with van der Waals surface area (Å²) >= 11 is 6.00. The molecule has 2 rings (SSSR count). The van der Waals surface area contributed by atoms with Gasteiger partial charge in [0.2, 0.25) is 21.8 Å². The lowest BCUT2D eigenvalue weighted by molar-refractivity contribution is -0.141. The van der Waals surface area contributed by atoms with E-state index in [2.05, 4.69) is 5.32 Å². The van der Waals surface area contributed by atoms with Crippen LogP contribution in [0.4, 0.5) is 10.1 Å². The zero-order chi connectivity index (χ0) is 26.9. The summed E-state index contributed by atoms with van der Waals surface area (Å²) in [6, 6.07) is 11.9. The van der Waals surface area contributed by atoms with Crippen LogP contribution in [0.1, 0.15) is 52.0 Å². The number of sulfonamides is 1. The van der Waals surface area contributed by atoms with Gasteiger partial charge in [-0.15, -0.1) is 0 Å². The van der Waals surface area contributed by atoms with Gasteiger partial charge in [0.05, 0.1) is 11.9 Å². The molecule has 1 N–H and O–H groups in total. The molecule has 2 aromatic rings. The maximum absolute atomic E-state index is 14.3. The van der Waals surface area contributed by atoms with E-state index in [0.717, 1.165) is 22.5 Å². The van der Waals surface area contributed by atoms with Crippen LogP contribution in [0.2, 0.25) is 5.02 Å². The minimum absolute atomic E-state index is 0.0127. The molecular weight excluding hydrogens is 505 g/mol. The Bertz CT molecular complexity index is 1130. The van der Waals surface area contributed by atoms with Gasteiger partial charge >= 0.3 is 0 Å². The van der Waals surface area contributed by atoms with Gasteiger partial charge in [0.25, 0.3) is 0 Å². The molecule has 0 aliphatic heterocycles. The van der Waals surface area contributed by atoms with Gasteiger partial charge in [0, 0.05) is 30.6 Å². The van der Waals surface area contributed by atoms with Crippen LogP contribution >= 0.6 is 11.6 Å². The molecule has 0 saturated carbocycles. The van der Waals surface area contributed by atoms with Crippen molar-refractivity contribution in [2.45, 2.75) is 65.1 Å². The van der Waals surface area contributed by atoms with Gasteiger partial charge in [0.15, 0.2) is 0 Å². The first kappa shape index (κ1) is 29.6. The van der Waals surface area contributed by atoms with Crippen molar-refractivity contribution < 1.29 is 22.4 Å². The van der Waals surface area contributed by atoms with E-state index in [0.29, 0.717) is 11.4 Å². The quantitative estimate of drug-likeness (QED) is 0.398. The Morgan fingerprint density at radius 3 is 2.25 bits per heavy atom. The Morgan fingerprint density at radius 1 is 1.06 bits per heavy atom. The molecule has 2 amide bonds. The van der Waals surface area contributed by atoms with Gasteiger partial charge in [-0.25, -0.2) is 12.8 Å². The van der Waals surface area contributed by atoms with E-state index in [1.165, 1.54) is 23.1 Å². The minimum Gasteiger partial charge on any atom is -0.352 e. The number of nitrogens with zero attached hydrogens (tertiary/aromatic N) is 2. The predicted molar refractivity (Wildman–Crippen MR) is 142 cm³/mol. The average molecular weight is 540 g/mol. The lowest BCUT2D eigenvalue weighted by atomic mass is 10.1. The molecule has 0 aliphatic rings. The second kappa shape index (κ2) is 13.6. The molecule has 7 nitrogen and oxygen atoms in total. The van der Waals surface area contributed by atoms with Gasteiger partial charge in [0.1, 0.15) is 11.9 Å². The predicted octanol–water partition coefficient (Wildman–Crippen LogP) is 4.75. The smallest absolute Gasteiger partial charge is 0.243 e. The molecular formula is C26H35ClFN3O4S. The van der Waals surface area contributed by atoms with Crippen molar-refractivity contribution in [1.82, 2.24) is 10.2 Å². The van der Waals surface area contributed by atoms with Gasteiger partial charge in [-0.05, 0) is 56.0 Å². The molecule has 10 heteroatoms. The van der Waals surface area contributed by atoms with Gasteiger partial charge < -0.3 is 10.2 Å². The van der Waals surface area contributed by atoms with Crippen molar-refractivity contribution in [1.29, 1.82) is 0 Å². The number of para-hydroxylation sites is 1. The zero-order valence-corrected chi connectivity index (χ0v) is 22.8. The molecule has 0 aliphatic carbocycles. The third-order valence-electron chi connectivity index (χ3n) is 5.93. The Labute approximate surface area is 218 Å². The Morgan fingerprint density at radius 2 is 1.69 bits per heavy atom. The molecule has 0 aromatic heterocycles. The standard InChI is InChI=1S/C26H35ClFN3O4S/c1-5-19(3)29-26(33)23(6-2)30(18-20-13-15-21(27)16-14-20)25(32)12-9-17-31(36(4,34)35)24-11-8-7-10-22(24)28/h7-8,10-11,13-16,19,23H,5-6,9,12,17-18H2,1-4H3,(H,29,33)/t19-,23-/m1/s1. The number of carbonyl (C=O) groups excluding carboxylic acids is 2. The van der Waals surface area contributed by atoms with Crippen LogP contribution in [-0.4, -0.2) is 50.0 Å². The summed E-state index contributed by atoms with van der Waals surface area (Å²) in [7, 11) is -3.77. The molecule has 0 heterocycles. The van der Waals surface area contributed by atoms with E-state index < -0.39 is 21.9 Å². The van der Waals surface area contributed by atoms with Crippen LogP contribution in [0, 0.1) is 5.82 Å². The first-order valence-electron chi connectivity index (χ1n) is 12.0. The van der Waals surface area contributed by atoms with Crippen LogP contribution in [0.15, 0.2) is 48.5 Å². The summed E-state index contributed by atoms with van der Waals surface area (Å²) in [5.41, 5.74) is 0.747. The monoisotopic (exact) mass is 539 g/mol. The number of rotatable bonds is 13. The van der Waals surface area contributed by atoms with Crippen LogP contribution in [0.25, 0.3) is 0 Å². The fraction of sp³-hybridized carbons (Fsp3) is 0.462. The lowest BCUT2D eigenvalue weighted by Crippen LogP contribution is -2.50. The van der Waals surface area contributed by atoms with Gasteiger partial charge in [-0.2, -0.15) is 0 Å². The van der Waals surface area contributed by atoms with Gasteiger partial charge in [-0.3, -0.25) is 13.9 Å². The first-order chi connectivity index (χ1) is 17.0. The molecule has 0 spiro atoms. The van der Waals surface area contributed by atoms with Crippen molar-refractivity contribution in [2.75, 3.05) is 17.1 Å². The van der Waals surface area contributed by atoms with E-state index in [9.17, 15) is 22.4 Å². The van der Waals surface area contributed by atoms with Crippen LogP contribution in [0.3, 0.4) is 0 Å². The molecule has 0 fully saturated rings. The Hall–Kier alpha value is -2.65. The third kappa shape index (κ3) is 8.48. The number of halogens is 2. The van der Waals surface area contributed by atoms with E-state index >= 15 is 0 Å². The van der Waals surface area contributed by atoms with Crippen LogP contribution < -0.4 is 9.62 Å². The molecule has 2 atom stereocenters. The fourth-order valence-electron chi connectivity index (χ4n) is 3.78.